The summed E-state index contributed by atoms with van der Waals surface area (Å²) in [5, 5.41) is 12.8. The molecule has 0 saturated heterocycles. The summed E-state index contributed by atoms with van der Waals surface area (Å²) in [6.07, 6.45) is 0. The number of hydrogen-bond donors (Lipinski definition) is 2. The van der Waals surface area contributed by atoms with Gasteiger partial charge in [0.2, 0.25) is 0 Å². The number of carbonyl (C=O) groups is 1. The van der Waals surface area contributed by atoms with Crippen molar-refractivity contribution < 1.29 is 14.3 Å². The summed E-state index contributed by atoms with van der Waals surface area (Å²) in [6.45, 7) is 5.35. The summed E-state index contributed by atoms with van der Waals surface area (Å²) in [5.41, 5.74) is 0.741. The third kappa shape index (κ3) is 2.88. The molecule has 0 saturated carbocycles. The topological polar surface area (TPSA) is 79.5 Å². The molecule has 2 N–H and O–H groups in total. The van der Waals surface area contributed by atoms with Crippen molar-refractivity contribution >= 4 is 16.9 Å². The maximum absolute atomic E-state index is 11.6. The van der Waals surface area contributed by atoms with Crippen LogP contribution in [0.1, 0.15) is 25.0 Å². The van der Waals surface area contributed by atoms with Gasteiger partial charge in [0.25, 0.3) is 0 Å². The second kappa shape index (κ2) is 5.09. The molecule has 0 unspecified atom stereocenters. The van der Waals surface area contributed by atoms with Crippen LogP contribution in [0.15, 0.2) is 33.5 Å². The number of nitrogens with one attached hydrogen (secondary N) is 1. The van der Waals surface area contributed by atoms with Gasteiger partial charge in [-0.05, 0) is 38.0 Å². The maximum atomic E-state index is 11.6. The predicted molar refractivity (Wildman–Crippen MR) is 75.8 cm³/mol. The molecule has 0 fully saturated rings. The summed E-state index contributed by atoms with van der Waals surface area (Å²) in [6, 6.07) is 6.98. The summed E-state index contributed by atoms with van der Waals surface area (Å²) in [7, 11) is 0. The fourth-order valence-corrected chi connectivity index (χ4v) is 1.88. The minimum Gasteiger partial charge on any atom is -0.480 e. The zero-order valence-electron chi connectivity index (χ0n) is 11.7. The molecule has 1 aromatic heterocycles. The van der Waals surface area contributed by atoms with Crippen molar-refractivity contribution in [2.75, 3.05) is 0 Å². The first-order chi connectivity index (χ1) is 9.29. The highest BCUT2D eigenvalue weighted by molar-refractivity contribution is 5.81. The van der Waals surface area contributed by atoms with E-state index in [9.17, 15) is 9.59 Å². The molecule has 2 aromatic rings. The Hall–Kier alpha value is -2.14. The van der Waals surface area contributed by atoms with Crippen molar-refractivity contribution in [3.8, 4) is 0 Å². The van der Waals surface area contributed by atoms with Gasteiger partial charge in [-0.3, -0.25) is 10.1 Å². The number of hydrogen-bond acceptors (Lipinski definition) is 4. The Morgan fingerprint density at radius 2 is 2.05 bits per heavy atom. The molecule has 0 bridgehead atoms. The monoisotopic (exact) mass is 275 g/mol. The number of fused-ring (bicyclic) bond motifs is 1. The molecule has 0 amide bonds. The minimum absolute atomic E-state index is 0.282. The van der Waals surface area contributed by atoms with Crippen LogP contribution in [0.3, 0.4) is 0 Å². The largest absolute Gasteiger partial charge is 0.480 e. The van der Waals surface area contributed by atoms with Gasteiger partial charge in [0, 0.05) is 18.0 Å². The smallest absolute Gasteiger partial charge is 0.336 e. The number of benzene rings is 1. The van der Waals surface area contributed by atoms with Gasteiger partial charge in [-0.2, -0.15) is 0 Å². The molecule has 1 aromatic carbocycles. The lowest BCUT2D eigenvalue weighted by molar-refractivity contribution is -0.143. The number of aliphatic carboxylic acids is 1. The zero-order chi connectivity index (χ0) is 14.9. The molecule has 0 atom stereocenters. The Balaban J connectivity index is 2.40. The Kier molecular flexibility index (Phi) is 3.63. The molecular weight excluding hydrogens is 258 g/mol. The minimum atomic E-state index is -1.06. The molecule has 0 aliphatic carbocycles. The fraction of sp³-hybridized carbons (Fsp3) is 0.333. The van der Waals surface area contributed by atoms with E-state index in [2.05, 4.69) is 5.32 Å². The van der Waals surface area contributed by atoms with Crippen LogP contribution < -0.4 is 10.9 Å². The number of aryl methyl sites for hydroxylation is 1. The summed E-state index contributed by atoms with van der Waals surface area (Å²) in [4.78, 5) is 22.6. The normalized spacial score (nSPS) is 11.8. The lowest BCUT2D eigenvalue weighted by atomic mass is 10.0. The van der Waals surface area contributed by atoms with Crippen LogP contribution in [0, 0.1) is 6.92 Å². The number of carboxylic acids is 1. The van der Waals surface area contributed by atoms with E-state index in [1.807, 2.05) is 19.1 Å². The van der Waals surface area contributed by atoms with Gasteiger partial charge in [0.1, 0.15) is 11.1 Å². The number of carboxylic acid groups (broad SMARTS) is 1. The average molecular weight is 275 g/mol. The summed E-state index contributed by atoms with van der Waals surface area (Å²) in [5.74, 6) is -0.944. The zero-order valence-corrected chi connectivity index (χ0v) is 11.7. The Labute approximate surface area is 116 Å². The molecule has 5 nitrogen and oxygen atoms in total. The molecule has 1 heterocycles. The van der Waals surface area contributed by atoms with E-state index in [1.54, 1.807) is 19.9 Å². The van der Waals surface area contributed by atoms with Crippen molar-refractivity contribution in [2.24, 2.45) is 0 Å². The van der Waals surface area contributed by atoms with E-state index >= 15 is 0 Å². The highest BCUT2D eigenvalue weighted by Gasteiger charge is 2.26. The average Bonchev–Trinajstić information content (AvgIpc) is 2.35. The molecule has 0 spiro atoms. The maximum Gasteiger partial charge on any atom is 0.336 e. The summed E-state index contributed by atoms with van der Waals surface area (Å²) < 4.78 is 5.16. The van der Waals surface area contributed by atoms with E-state index in [1.165, 1.54) is 6.07 Å². The molecule has 5 heteroatoms. The molecule has 2 rings (SSSR count). The van der Waals surface area contributed by atoms with Gasteiger partial charge in [0.15, 0.2) is 0 Å². The van der Waals surface area contributed by atoms with Gasteiger partial charge in [-0.25, -0.2) is 4.79 Å². The van der Waals surface area contributed by atoms with E-state index in [0.29, 0.717) is 5.58 Å². The lowest BCUT2D eigenvalue weighted by Gasteiger charge is -2.21. The van der Waals surface area contributed by atoms with Crippen molar-refractivity contribution in [2.45, 2.75) is 32.9 Å². The molecular formula is C15H17NO4. The second-order valence-electron chi connectivity index (χ2n) is 5.37. The Morgan fingerprint density at radius 1 is 1.35 bits per heavy atom. The van der Waals surface area contributed by atoms with Crippen LogP contribution in [0.2, 0.25) is 0 Å². The number of rotatable bonds is 4. The Morgan fingerprint density at radius 3 is 2.70 bits per heavy atom. The highest BCUT2D eigenvalue weighted by atomic mass is 16.4. The van der Waals surface area contributed by atoms with E-state index in [4.69, 9.17) is 9.52 Å². The quantitative estimate of drug-likeness (QED) is 0.835. The summed E-state index contributed by atoms with van der Waals surface area (Å²) >= 11 is 0. The van der Waals surface area contributed by atoms with Crippen molar-refractivity contribution in [1.82, 2.24) is 5.32 Å². The van der Waals surface area contributed by atoms with Gasteiger partial charge in [-0.15, -0.1) is 0 Å². The molecule has 0 radical (unpaired) electrons. The van der Waals surface area contributed by atoms with Crippen LogP contribution in [-0.2, 0) is 11.3 Å². The van der Waals surface area contributed by atoms with Crippen LogP contribution in [0.5, 0.6) is 0 Å². The SMILES string of the molecule is Cc1ccc2c(CNC(C)(C)C(=O)O)cc(=O)oc2c1. The van der Waals surface area contributed by atoms with Crippen molar-refractivity contribution in [3.63, 3.8) is 0 Å². The molecule has 106 valence electrons. The first-order valence-corrected chi connectivity index (χ1v) is 6.31. The predicted octanol–water partition coefficient (Wildman–Crippen LogP) is 2.05. The second-order valence-corrected chi connectivity index (χ2v) is 5.37. The fourth-order valence-electron chi connectivity index (χ4n) is 1.88. The van der Waals surface area contributed by atoms with Crippen LogP contribution >= 0.6 is 0 Å². The Bertz CT molecular complexity index is 715. The van der Waals surface area contributed by atoms with Crippen LogP contribution in [0.25, 0.3) is 11.0 Å². The third-order valence-corrected chi connectivity index (χ3v) is 3.24. The first-order valence-electron chi connectivity index (χ1n) is 6.31. The van der Waals surface area contributed by atoms with E-state index < -0.39 is 17.1 Å². The van der Waals surface area contributed by atoms with Crippen molar-refractivity contribution in [3.05, 3.63) is 45.8 Å². The van der Waals surface area contributed by atoms with Gasteiger partial charge < -0.3 is 9.52 Å². The molecule has 20 heavy (non-hydrogen) atoms. The standard InChI is InChI=1S/C15H17NO4/c1-9-4-5-11-10(7-13(17)20-12(11)6-9)8-16-15(2,3)14(18)19/h4-7,16H,8H2,1-3H3,(H,18,19). The highest BCUT2D eigenvalue weighted by Crippen LogP contribution is 2.19. The molecule has 0 aliphatic rings. The van der Waals surface area contributed by atoms with Crippen LogP contribution in [-0.4, -0.2) is 16.6 Å². The van der Waals surface area contributed by atoms with Gasteiger partial charge >= 0.3 is 11.6 Å². The van der Waals surface area contributed by atoms with Crippen molar-refractivity contribution in [1.29, 1.82) is 0 Å². The van der Waals surface area contributed by atoms with Gasteiger partial charge in [0.05, 0.1) is 0 Å². The molecule has 0 aliphatic heterocycles. The first kappa shape index (κ1) is 14.3. The third-order valence-electron chi connectivity index (χ3n) is 3.24. The van der Waals surface area contributed by atoms with Crippen LogP contribution in [0.4, 0.5) is 0 Å². The van der Waals surface area contributed by atoms with E-state index in [0.717, 1.165) is 16.5 Å². The van der Waals surface area contributed by atoms with E-state index in [-0.39, 0.29) is 6.54 Å². The lowest BCUT2D eigenvalue weighted by Crippen LogP contribution is -2.46. The van der Waals surface area contributed by atoms with Gasteiger partial charge in [-0.1, -0.05) is 12.1 Å².